The van der Waals surface area contributed by atoms with Gasteiger partial charge in [0.05, 0.1) is 10.7 Å². The van der Waals surface area contributed by atoms with Gasteiger partial charge in [-0.3, -0.25) is 19.7 Å². The SMILES string of the molecule is C=C(Nc1ccc(C(=C)N2CCN(C(=O)C3CCNCC3)CC2)c(Cl)c1)C(=N)N(C)C(=C)c1cn(C(C)C(N)=O)nc1C(F)(F)F. The maximum atomic E-state index is 13.8. The molecule has 0 bridgehead atoms. The topological polar surface area (TPSA) is 136 Å². The molecule has 0 radical (unpaired) electrons. The molecule has 4 rings (SSSR count). The van der Waals surface area contributed by atoms with E-state index in [4.69, 9.17) is 22.7 Å². The Balaban J connectivity index is 1.38. The van der Waals surface area contributed by atoms with Crippen molar-refractivity contribution >= 4 is 46.3 Å². The molecule has 2 aliphatic rings. The number of nitrogens with one attached hydrogen (secondary N) is 3. The average Bonchev–Trinajstić information content (AvgIpc) is 3.49. The molecular weight excluding hydrogens is 623 g/mol. The molecule has 2 aliphatic heterocycles. The normalized spacial score (nSPS) is 16.5. The van der Waals surface area contributed by atoms with Gasteiger partial charge in [0.15, 0.2) is 5.69 Å². The Morgan fingerprint density at radius 1 is 1.13 bits per heavy atom. The van der Waals surface area contributed by atoms with Gasteiger partial charge >= 0.3 is 6.18 Å². The Bertz CT molecular complexity index is 1540. The van der Waals surface area contributed by atoms with Crippen molar-refractivity contribution in [1.29, 1.82) is 5.41 Å². The van der Waals surface area contributed by atoms with Crippen LogP contribution in [-0.4, -0.2) is 88.4 Å². The lowest BCUT2D eigenvalue weighted by molar-refractivity contribution is -0.142. The number of alkyl halides is 3. The highest BCUT2D eigenvalue weighted by atomic mass is 35.5. The number of nitrogens with two attached hydrogens (primary N) is 1. The highest BCUT2D eigenvalue weighted by molar-refractivity contribution is 6.32. The standard InChI is InChI=1S/C31H39ClF3N9O2/c1-18(28(36)41(5)19(2)25-17-44(21(4)29(37)45)40-27(25)31(33,34)35)39-23-6-7-24(26(32)16-23)20(3)42-12-14-43(15-13-42)30(46)22-8-10-38-11-9-22/h6-7,16-17,21-22,36,38-39H,1-3,8-15H2,4-5H3,(H2,37,45). The fourth-order valence-corrected chi connectivity index (χ4v) is 5.70. The van der Waals surface area contributed by atoms with Gasteiger partial charge in [-0.2, -0.15) is 18.3 Å². The summed E-state index contributed by atoms with van der Waals surface area (Å²) >= 11 is 6.64. The molecule has 0 spiro atoms. The molecule has 46 heavy (non-hydrogen) atoms. The minimum atomic E-state index is -4.85. The molecule has 15 heteroatoms. The van der Waals surface area contributed by atoms with Crippen molar-refractivity contribution in [3.63, 3.8) is 0 Å². The number of halogens is 4. The van der Waals surface area contributed by atoms with Crippen molar-refractivity contribution < 1.29 is 22.8 Å². The van der Waals surface area contributed by atoms with Crippen LogP contribution in [0.1, 0.15) is 42.6 Å². The minimum absolute atomic E-state index is 0.0623. The summed E-state index contributed by atoms with van der Waals surface area (Å²) in [5, 5.41) is 18.7. The van der Waals surface area contributed by atoms with E-state index in [0.29, 0.717) is 42.5 Å². The molecule has 2 saturated heterocycles. The number of primary amides is 1. The van der Waals surface area contributed by atoms with E-state index in [-0.39, 0.29) is 29.1 Å². The quantitative estimate of drug-likeness (QED) is 0.221. The van der Waals surface area contributed by atoms with Gasteiger partial charge in [-0.25, -0.2) is 0 Å². The Morgan fingerprint density at radius 3 is 2.30 bits per heavy atom. The van der Waals surface area contributed by atoms with E-state index in [0.717, 1.165) is 47.4 Å². The van der Waals surface area contributed by atoms with Crippen LogP contribution in [0.4, 0.5) is 18.9 Å². The first-order chi connectivity index (χ1) is 21.6. The number of likely N-dealkylation sites (N-methyl/N-ethyl adjacent to an activating group) is 1. The fourth-order valence-electron chi connectivity index (χ4n) is 5.41. The van der Waals surface area contributed by atoms with Crippen LogP contribution in [0.25, 0.3) is 11.4 Å². The number of carbonyl (C=O) groups is 2. The van der Waals surface area contributed by atoms with E-state index in [1.165, 1.54) is 14.0 Å². The van der Waals surface area contributed by atoms with Crippen LogP contribution < -0.4 is 16.4 Å². The van der Waals surface area contributed by atoms with Crippen molar-refractivity contribution in [2.45, 2.75) is 32.0 Å². The summed E-state index contributed by atoms with van der Waals surface area (Å²) in [6.07, 6.45) is -2.10. The van der Waals surface area contributed by atoms with E-state index in [1.54, 1.807) is 18.2 Å². The van der Waals surface area contributed by atoms with Crippen LogP contribution in [0, 0.1) is 11.3 Å². The second-order valence-corrected chi connectivity index (χ2v) is 11.8. The second kappa shape index (κ2) is 14.0. The molecule has 2 amide bonds. The van der Waals surface area contributed by atoms with E-state index >= 15 is 0 Å². The summed E-state index contributed by atoms with van der Waals surface area (Å²) in [5.41, 5.74) is 5.36. The number of anilines is 1. The van der Waals surface area contributed by atoms with Crippen LogP contribution in [0.15, 0.2) is 49.8 Å². The van der Waals surface area contributed by atoms with Gasteiger partial charge in [-0.15, -0.1) is 0 Å². The molecule has 0 saturated carbocycles. The number of piperazine rings is 1. The summed E-state index contributed by atoms with van der Waals surface area (Å²) < 4.78 is 42.2. The van der Waals surface area contributed by atoms with Crippen LogP contribution in [0.5, 0.6) is 0 Å². The van der Waals surface area contributed by atoms with E-state index in [1.807, 2.05) is 4.90 Å². The van der Waals surface area contributed by atoms with Gasteiger partial charge in [-0.05, 0) is 51.1 Å². The predicted molar refractivity (Wildman–Crippen MR) is 173 cm³/mol. The van der Waals surface area contributed by atoms with E-state index in [9.17, 15) is 22.8 Å². The smallest absolute Gasteiger partial charge is 0.368 e. The number of benzene rings is 1. The molecule has 1 aromatic heterocycles. The highest BCUT2D eigenvalue weighted by Crippen LogP contribution is 2.35. The average molecular weight is 662 g/mol. The van der Waals surface area contributed by atoms with Crippen molar-refractivity contribution in [2.75, 3.05) is 51.6 Å². The Morgan fingerprint density at radius 2 is 1.74 bits per heavy atom. The zero-order chi connectivity index (χ0) is 33.9. The van der Waals surface area contributed by atoms with Crippen molar-refractivity contribution in [2.24, 2.45) is 11.7 Å². The van der Waals surface area contributed by atoms with Gasteiger partial charge in [0.1, 0.15) is 11.9 Å². The van der Waals surface area contributed by atoms with Gasteiger partial charge < -0.3 is 31.1 Å². The number of nitrogens with zero attached hydrogens (tertiary/aromatic N) is 5. The molecule has 11 nitrogen and oxygen atoms in total. The lowest BCUT2D eigenvalue weighted by atomic mass is 9.96. The van der Waals surface area contributed by atoms with E-state index in [2.05, 4.69) is 40.4 Å². The Hall–Kier alpha value is -4.30. The summed E-state index contributed by atoms with van der Waals surface area (Å²) in [5.74, 6) is -0.834. The van der Waals surface area contributed by atoms with Crippen molar-refractivity contribution in [1.82, 2.24) is 29.8 Å². The molecule has 1 atom stereocenters. The third-order valence-corrected chi connectivity index (χ3v) is 8.70. The number of amides is 2. The Labute approximate surface area is 271 Å². The molecule has 2 aromatic rings. The summed E-state index contributed by atoms with van der Waals surface area (Å²) in [6.45, 7) is 17.4. The lowest BCUT2D eigenvalue weighted by Crippen LogP contribution is -2.50. The van der Waals surface area contributed by atoms with Gasteiger partial charge in [0.2, 0.25) is 11.8 Å². The van der Waals surface area contributed by atoms with Gasteiger partial charge in [0.25, 0.3) is 0 Å². The number of aromatic nitrogens is 2. The van der Waals surface area contributed by atoms with Crippen LogP contribution in [-0.2, 0) is 15.8 Å². The number of hydrogen-bond acceptors (Lipinski definition) is 7. The third-order valence-electron chi connectivity index (χ3n) is 8.38. The van der Waals surface area contributed by atoms with Crippen LogP contribution in [0.3, 0.4) is 0 Å². The number of piperidine rings is 1. The summed E-state index contributed by atoms with van der Waals surface area (Å²) in [7, 11) is 1.37. The zero-order valence-corrected chi connectivity index (χ0v) is 26.6. The molecule has 0 aliphatic carbocycles. The summed E-state index contributed by atoms with van der Waals surface area (Å²) in [4.78, 5) is 29.6. The first-order valence-electron chi connectivity index (χ1n) is 14.8. The zero-order valence-electron chi connectivity index (χ0n) is 25.9. The monoisotopic (exact) mass is 661 g/mol. The maximum Gasteiger partial charge on any atom is 0.435 e. The number of hydrogen-bond donors (Lipinski definition) is 4. The highest BCUT2D eigenvalue weighted by Gasteiger charge is 2.39. The lowest BCUT2D eigenvalue weighted by Gasteiger charge is -2.39. The first-order valence-corrected chi connectivity index (χ1v) is 15.1. The molecule has 5 N–H and O–H groups in total. The molecule has 3 heterocycles. The van der Waals surface area contributed by atoms with Crippen molar-refractivity contribution in [3.8, 4) is 0 Å². The molecule has 2 fully saturated rings. The van der Waals surface area contributed by atoms with Crippen LogP contribution in [0.2, 0.25) is 5.02 Å². The fraction of sp³-hybridized carbons (Fsp3) is 0.419. The summed E-state index contributed by atoms with van der Waals surface area (Å²) in [6, 6.07) is 4.02. The number of amidine groups is 1. The first kappa shape index (κ1) is 34.6. The third kappa shape index (κ3) is 7.56. The molecule has 1 unspecified atom stereocenters. The molecular formula is C31H39ClF3N9O2. The second-order valence-electron chi connectivity index (χ2n) is 11.4. The predicted octanol–water partition coefficient (Wildman–Crippen LogP) is 4.22. The maximum absolute atomic E-state index is 13.8. The van der Waals surface area contributed by atoms with Crippen molar-refractivity contribution in [3.05, 3.63) is 71.7 Å². The van der Waals surface area contributed by atoms with Crippen LogP contribution >= 0.6 is 11.6 Å². The van der Waals surface area contributed by atoms with E-state index < -0.39 is 29.4 Å². The number of rotatable bonds is 10. The van der Waals surface area contributed by atoms with Gasteiger partial charge in [-0.1, -0.05) is 31.3 Å². The Kier molecular flexibility index (Phi) is 10.5. The molecule has 248 valence electrons. The number of carbonyl (C=O) groups excluding carboxylic acids is 2. The largest absolute Gasteiger partial charge is 0.435 e. The molecule has 1 aromatic carbocycles. The van der Waals surface area contributed by atoms with Gasteiger partial charge in [0, 0.05) is 73.5 Å². The minimum Gasteiger partial charge on any atom is -0.368 e.